The Balaban J connectivity index is 3.23. The molecule has 5 nitrogen and oxygen atoms in total. The van der Waals surface area contributed by atoms with Crippen molar-refractivity contribution in [3.8, 4) is 0 Å². The fourth-order valence-corrected chi connectivity index (χ4v) is 1.35. The Kier molecular flexibility index (Phi) is 3.39. The zero-order chi connectivity index (χ0) is 12.3. The Bertz CT molecular complexity index is 414. The van der Waals surface area contributed by atoms with E-state index in [0.29, 0.717) is 6.29 Å². The maximum atomic E-state index is 10.8. The third-order valence-corrected chi connectivity index (χ3v) is 2.44. The Morgan fingerprint density at radius 2 is 2.00 bits per heavy atom. The molecule has 0 aliphatic carbocycles. The number of aliphatic hydroxyl groups is 1. The number of nitrogens with zero attached hydrogens (tertiary/aromatic N) is 1. The second-order valence-corrected chi connectivity index (χ2v) is 4.16. The number of nitro benzene ring substituents is 1. The molecule has 1 aromatic rings. The minimum absolute atomic E-state index is 0.157. The monoisotopic (exact) mass is 223 g/mol. The largest absolute Gasteiger partial charge is 0.387 e. The molecule has 1 aromatic carbocycles. The number of hydrogen-bond donors (Lipinski definition) is 1. The van der Waals surface area contributed by atoms with Crippen LogP contribution in [-0.4, -0.2) is 16.3 Å². The summed E-state index contributed by atoms with van der Waals surface area (Å²) in [5.41, 5.74) is -1.07. The second-order valence-electron chi connectivity index (χ2n) is 4.16. The third kappa shape index (κ3) is 2.25. The molecule has 0 amide bonds. The molecule has 1 atom stereocenters. The molecule has 1 rings (SSSR count). The number of hydrogen-bond acceptors (Lipinski definition) is 4. The molecule has 0 radical (unpaired) electrons. The molecule has 0 spiro atoms. The van der Waals surface area contributed by atoms with E-state index in [2.05, 4.69) is 0 Å². The molecule has 1 unspecified atom stereocenters. The summed E-state index contributed by atoms with van der Waals surface area (Å²) < 4.78 is 0. The molecule has 0 fully saturated rings. The van der Waals surface area contributed by atoms with Crippen LogP contribution in [0, 0.1) is 15.5 Å². The highest BCUT2D eigenvalue weighted by Gasteiger charge is 2.33. The number of nitro groups is 1. The average molecular weight is 223 g/mol. The molecule has 0 bridgehead atoms. The molecule has 0 aliphatic rings. The maximum Gasteiger partial charge on any atom is 0.275 e. The summed E-state index contributed by atoms with van der Waals surface area (Å²) in [5.74, 6) is 0. The van der Waals surface area contributed by atoms with Crippen LogP contribution in [0.15, 0.2) is 24.3 Å². The molecule has 0 saturated heterocycles. The van der Waals surface area contributed by atoms with Crippen molar-refractivity contribution >= 4 is 12.0 Å². The smallest absolute Gasteiger partial charge is 0.275 e. The van der Waals surface area contributed by atoms with Gasteiger partial charge in [-0.25, -0.2) is 0 Å². The summed E-state index contributed by atoms with van der Waals surface area (Å²) in [6, 6.07) is 5.86. The lowest BCUT2D eigenvalue weighted by molar-refractivity contribution is -0.386. The van der Waals surface area contributed by atoms with Gasteiger partial charge < -0.3 is 9.90 Å². The first-order chi connectivity index (χ1) is 7.40. The molecule has 0 heterocycles. The van der Waals surface area contributed by atoms with Crippen molar-refractivity contribution in [1.29, 1.82) is 0 Å². The van der Waals surface area contributed by atoms with Gasteiger partial charge in [0.2, 0.25) is 0 Å². The van der Waals surface area contributed by atoms with E-state index in [1.807, 2.05) is 0 Å². The van der Waals surface area contributed by atoms with Crippen molar-refractivity contribution in [3.63, 3.8) is 0 Å². The maximum absolute atomic E-state index is 10.8. The quantitative estimate of drug-likeness (QED) is 0.480. The van der Waals surface area contributed by atoms with Gasteiger partial charge in [0.25, 0.3) is 5.69 Å². The number of aliphatic hydroxyl groups excluding tert-OH is 1. The summed E-state index contributed by atoms with van der Waals surface area (Å²) >= 11 is 0. The van der Waals surface area contributed by atoms with Crippen molar-refractivity contribution in [1.82, 2.24) is 0 Å². The SMILES string of the molecule is CC(C)(C=O)C(O)c1ccccc1[N+](=O)[O-]. The van der Waals surface area contributed by atoms with Crippen LogP contribution in [0.1, 0.15) is 25.5 Å². The van der Waals surface area contributed by atoms with Gasteiger partial charge in [-0.3, -0.25) is 10.1 Å². The van der Waals surface area contributed by atoms with Crippen LogP contribution in [-0.2, 0) is 4.79 Å². The zero-order valence-corrected chi connectivity index (χ0v) is 9.08. The van der Waals surface area contributed by atoms with E-state index in [1.165, 1.54) is 32.0 Å². The first kappa shape index (κ1) is 12.3. The zero-order valence-electron chi connectivity index (χ0n) is 9.08. The van der Waals surface area contributed by atoms with E-state index in [-0.39, 0.29) is 11.3 Å². The minimum atomic E-state index is -1.19. The number of para-hydroxylation sites is 1. The minimum Gasteiger partial charge on any atom is -0.387 e. The van der Waals surface area contributed by atoms with E-state index in [9.17, 15) is 20.0 Å². The van der Waals surface area contributed by atoms with Crippen molar-refractivity contribution in [2.24, 2.45) is 5.41 Å². The number of carbonyl (C=O) groups is 1. The number of aldehydes is 1. The molecule has 16 heavy (non-hydrogen) atoms. The van der Waals surface area contributed by atoms with Crippen LogP contribution in [0.4, 0.5) is 5.69 Å². The highest BCUT2D eigenvalue weighted by molar-refractivity contribution is 5.61. The molecule has 5 heteroatoms. The van der Waals surface area contributed by atoms with Crippen LogP contribution < -0.4 is 0 Å². The van der Waals surface area contributed by atoms with E-state index in [4.69, 9.17) is 0 Å². The van der Waals surface area contributed by atoms with Gasteiger partial charge in [-0.1, -0.05) is 26.0 Å². The van der Waals surface area contributed by atoms with E-state index >= 15 is 0 Å². The normalized spacial score (nSPS) is 13.2. The highest BCUT2D eigenvalue weighted by atomic mass is 16.6. The van der Waals surface area contributed by atoms with Gasteiger partial charge in [0.1, 0.15) is 6.29 Å². The highest BCUT2D eigenvalue weighted by Crippen LogP contribution is 2.35. The van der Waals surface area contributed by atoms with Gasteiger partial charge in [0.15, 0.2) is 0 Å². The van der Waals surface area contributed by atoms with Crippen molar-refractivity contribution in [2.45, 2.75) is 20.0 Å². The lowest BCUT2D eigenvalue weighted by Gasteiger charge is -2.24. The standard InChI is InChI=1S/C11H13NO4/c1-11(2,7-13)10(14)8-5-3-4-6-9(8)12(15)16/h3-7,10,14H,1-2H3. The Morgan fingerprint density at radius 3 is 2.50 bits per heavy atom. The first-order valence-corrected chi connectivity index (χ1v) is 4.78. The molecule has 0 aliphatic heterocycles. The molecule has 86 valence electrons. The van der Waals surface area contributed by atoms with Crippen LogP contribution in [0.3, 0.4) is 0 Å². The molecule has 1 N–H and O–H groups in total. The average Bonchev–Trinajstić information content (AvgIpc) is 2.28. The van der Waals surface area contributed by atoms with Gasteiger partial charge in [0.05, 0.1) is 22.0 Å². The molecule has 0 aromatic heterocycles. The van der Waals surface area contributed by atoms with E-state index in [1.54, 1.807) is 6.07 Å². The van der Waals surface area contributed by atoms with E-state index in [0.717, 1.165) is 0 Å². The van der Waals surface area contributed by atoms with Gasteiger partial charge in [-0.15, -0.1) is 0 Å². The van der Waals surface area contributed by atoms with Crippen LogP contribution in [0.25, 0.3) is 0 Å². The Hall–Kier alpha value is -1.75. The third-order valence-electron chi connectivity index (χ3n) is 2.44. The lowest BCUT2D eigenvalue weighted by atomic mass is 9.83. The fraction of sp³-hybridized carbons (Fsp3) is 0.364. The Labute approximate surface area is 92.9 Å². The number of carbonyl (C=O) groups excluding carboxylic acids is 1. The predicted octanol–water partition coefficient (Wildman–Crippen LogP) is 1.85. The molecular formula is C11H13NO4. The fourth-order valence-electron chi connectivity index (χ4n) is 1.35. The van der Waals surface area contributed by atoms with Crippen LogP contribution >= 0.6 is 0 Å². The first-order valence-electron chi connectivity index (χ1n) is 4.78. The number of rotatable bonds is 4. The summed E-state index contributed by atoms with van der Waals surface area (Å²) in [7, 11) is 0. The molecular weight excluding hydrogens is 210 g/mol. The molecule has 0 saturated carbocycles. The van der Waals surface area contributed by atoms with E-state index < -0.39 is 16.4 Å². The predicted molar refractivity (Wildman–Crippen MR) is 57.9 cm³/mol. The van der Waals surface area contributed by atoms with Gasteiger partial charge >= 0.3 is 0 Å². The second kappa shape index (κ2) is 4.40. The van der Waals surface area contributed by atoms with Crippen LogP contribution in [0.5, 0.6) is 0 Å². The Morgan fingerprint density at radius 1 is 1.44 bits per heavy atom. The van der Waals surface area contributed by atoms with Crippen LogP contribution in [0.2, 0.25) is 0 Å². The van der Waals surface area contributed by atoms with Crippen molar-refractivity contribution in [3.05, 3.63) is 39.9 Å². The van der Waals surface area contributed by atoms with Gasteiger partial charge in [-0.2, -0.15) is 0 Å². The topological polar surface area (TPSA) is 80.4 Å². The lowest BCUT2D eigenvalue weighted by Crippen LogP contribution is -2.24. The van der Waals surface area contributed by atoms with Gasteiger partial charge in [-0.05, 0) is 6.07 Å². The van der Waals surface area contributed by atoms with Gasteiger partial charge in [0, 0.05) is 6.07 Å². The van der Waals surface area contributed by atoms with Crippen molar-refractivity contribution < 1.29 is 14.8 Å². The number of benzene rings is 1. The summed E-state index contributed by atoms with van der Waals surface area (Å²) in [4.78, 5) is 21.0. The summed E-state index contributed by atoms with van der Waals surface area (Å²) in [6.07, 6.45) is -0.597. The summed E-state index contributed by atoms with van der Waals surface area (Å²) in [6.45, 7) is 3.06. The summed E-state index contributed by atoms with van der Waals surface area (Å²) in [5, 5.41) is 20.7. The van der Waals surface area contributed by atoms with Crippen molar-refractivity contribution in [2.75, 3.05) is 0 Å².